The van der Waals surface area contributed by atoms with Crippen LogP contribution in [-0.2, 0) is 4.79 Å². The van der Waals surface area contributed by atoms with Crippen LogP contribution in [0.2, 0.25) is 0 Å². The van der Waals surface area contributed by atoms with Gasteiger partial charge in [0.25, 0.3) is 6.47 Å². The minimum absolute atomic E-state index is 0.250. The number of rotatable bonds is 1. The van der Waals surface area contributed by atoms with Gasteiger partial charge in [0.2, 0.25) is 0 Å². The van der Waals surface area contributed by atoms with E-state index < -0.39 is 0 Å². The number of carbonyl (C=O) groups is 1. The van der Waals surface area contributed by atoms with Gasteiger partial charge in [-0.25, -0.2) is 0 Å². The van der Waals surface area contributed by atoms with Gasteiger partial charge < -0.3 is 5.11 Å². The highest BCUT2D eigenvalue weighted by atomic mass is 16.3. The van der Waals surface area contributed by atoms with E-state index in [0.29, 0.717) is 0 Å². The standard InChI is InChI=1S/C10H20.CH2O2/c1-8(2)10-6-4-9(3)5-7-10;2-1-3/h8-10H,4-7H2,1-3H3;1H,(H,2,3). The highest BCUT2D eigenvalue weighted by molar-refractivity contribution is 5.32. The summed E-state index contributed by atoms with van der Waals surface area (Å²) in [6.07, 6.45) is 5.92. The molecular weight excluding hydrogens is 164 g/mol. The summed E-state index contributed by atoms with van der Waals surface area (Å²) in [5.74, 6) is 2.97. The van der Waals surface area contributed by atoms with E-state index in [4.69, 9.17) is 9.90 Å². The Morgan fingerprint density at radius 3 is 1.92 bits per heavy atom. The van der Waals surface area contributed by atoms with Crippen LogP contribution in [0.25, 0.3) is 0 Å². The molecule has 0 aromatic rings. The molecule has 1 N–H and O–H groups in total. The molecule has 0 aliphatic heterocycles. The Morgan fingerprint density at radius 2 is 1.62 bits per heavy atom. The summed E-state index contributed by atoms with van der Waals surface area (Å²) >= 11 is 0. The Bertz CT molecular complexity index is 124. The van der Waals surface area contributed by atoms with Crippen LogP contribution in [0.15, 0.2) is 0 Å². The van der Waals surface area contributed by atoms with Crippen LogP contribution in [0.5, 0.6) is 0 Å². The fourth-order valence-corrected chi connectivity index (χ4v) is 1.95. The van der Waals surface area contributed by atoms with Crippen molar-refractivity contribution in [3.63, 3.8) is 0 Å². The minimum Gasteiger partial charge on any atom is -0.483 e. The van der Waals surface area contributed by atoms with Crippen molar-refractivity contribution in [2.45, 2.75) is 46.5 Å². The van der Waals surface area contributed by atoms with Gasteiger partial charge >= 0.3 is 0 Å². The van der Waals surface area contributed by atoms with Crippen molar-refractivity contribution in [1.82, 2.24) is 0 Å². The first-order valence-electron chi connectivity index (χ1n) is 5.19. The van der Waals surface area contributed by atoms with Gasteiger partial charge in [-0.3, -0.25) is 4.79 Å². The van der Waals surface area contributed by atoms with Crippen molar-refractivity contribution in [3.05, 3.63) is 0 Å². The smallest absolute Gasteiger partial charge is 0.290 e. The van der Waals surface area contributed by atoms with Crippen LogP contribution in [0.3, 0.4) is 0 Å². The molecule has 0 radical (unpaired) electrons. The molecule has 1 saturated carbocycles. The van der Waals surface area contributed by atoms with Crippen LogP contribution in [-0.4, -0.2) is 11.6 Å². The quantitative estimate of drug-likeness (QED) is 0.639. The van der Waals surface area contributed by atoms with E-state index in [-0.39, 0.29) is 6.47 Å². The van der Waals surface area contributed by atoms with Crippen molar-refractivity contribution >= 4 is 6.47 Å². The zero-order valence-corrected chi connectivity index (χ0v) is 8.99. The maximum absolute atomic E-state index is 8.36. The Kier molecular flexibility index (Phi) is 6.65. The average molecular weight is 186 g/mol. The Hall–Kier alpha value is -0.530. The predicted molar refractivity (Wildman–Crippen MR) is 54.7 cm³/mol. The molecule has 0 aromatic heterocycles. The highest BCUT2D eigenvalue weighted by Crippen LogP contribution is 2.32. The number of carboxylic acid groups (broad SMARTS) is 1. The van der Waals surface area contributed by atoms with Gasteiger partial charge in [-0.05, 0) is 30.6 Å². The van der Waals surface area contributed by atoms with E-state index in [1.54, 1.807) is 0 Å². The van der Waals surface area contributed by atoms with Crippen molar-refractivity contribution in [1.29, 1.82) is 0 Å². The molecule has 1 fully saturated rings. The van der Waals surface area contributed by atoms with Gasteiger partial charge in [-0.2, -0.15) is 0 Å². The first-order valence-corrected chi connectivity index (χ1v) is 5.19. The normalized spacial score (nSPS) is 27.7. The molecule has 0 unspecified atom stereocenters. The summed E-state index contributed by atoms with van der Waals surface area (Å²) < 4.78 is 0. The fraction of sp³-hybridized carbons (Fsp3) is 0.909. The molecule has 0 atom stereocenters. The summed E-state index contributed by atoms with van der Waals surface area (Å²) in [4.78, 5) is 8.36. The third-order valence-electron chi connectivity index (χ3n) is 3.00. The van der Waals surface area contributed by atoms with Crippen LogP contribution >= 0.6 is 0 Å². The molecule has 2 nitrogen and oxygen atoms in total. The van der Waals surface area contributed by atoms with E-state index in [0.717, 1.165) is 17.8 Å². The zero-order chi connectivity index (χ0) is 10.3. The molecule has 0 heterocycles. The number of hydrogen-bond acceptors (Lipinski definition) is 1. The maximum Gasteiger partial charge on any atom is 0.290 e. The molecule has 0 saturated heterocycles. The average Bonchev–Trinajstić information content (AvgIpc) is 2.06. The molecular formula is C11H22O2. The third-order valence-corrected chi connectivity index (χ3v) is 3.00. The van der Waals surface area contributed by atoms with Crippen LogP contribution in [0, 0.1) is 17.8 Å². The van der Waals surface area contributed by atoms with Gasteiger partial charge in [-0.1, -0.05) is 33.6 Å². The topological polar surface area (TPSA) is 37.3 Å². The van der Waals surface area contributed by atoms with Crippen molar-refractivity contribution in [3.8, 4) is 0 Å². The van der Waals surface area contributed by atoms with Gasteiger partial charge in [0.05, 0.1) is 0 Å². The molecule has 13 heavy (non-hydrogen) atoms. The lowest BCUT2D eigenvalue weighted by Gasteiger charge is -2.28. The van der Waals surface area contributed by atoms with Crippen molar-refractivity contribution in [2.24, 2.45) is 17.8 Å². The number of hydrogen-bond donors (Lipinski definition) is 1. The Morgan fingerprint density at radius 1 is 1.23 bits per heavy atom. The first-order chi connectivity index (χ1) is 6.11. The van der Waals surface area contributed by atoms with Crippen molar-refractivity contribution < 1.29 is 9.90 Å². The van der Waals surface area contributed by atoms with Crippen LogP contribution in [0.1, 0.15) is 46.5 Å². The van der Waals surface area contributed by atoms with Gasteiger partial charge in [0.1, 0.15) is 0 Å². The van der Waals surface area contributed by atoms with E-state index in [1.807, 2.05) is 0 Å². The van der Waals surface area contributed by atoms with Crippen LogP contribution < -0.4 is 0 Å². The summed E-state index contributed by atoms with van der Waals surface area (Å²) in [5, 5.41) is 6.89. The predicted octanol–water partition coefficient (Wildman–Crippen LogP) is 3.17. The second kappa shape index (κ2) is 6.93. The highest BCUT2D eigenvalue weighted by Gasteiger charge is 2.19. The lowest BCUT2D eigenvalue weighted by atomic mass is 9.78. The maximum atomic E-state index is 8.36. The summed E-state index contributed by atoms with van der Waals surface area (Å²) in [6, 6.07) is 0. The Balaban J connectivity index is 0.000000424. The zero-order valence-electron chi connectivity index (χ0n) is 8.99. The van der Waals surface area contributed by atoms with E-state index >= 15 is 0 Å². The Labute approximate surface area is 81.3 Å². The molecule has 0 bridgehead atoms. The van der Waals surface area contributed by atoms with Crippen LogP contribution in [0.4, 0.5) is 0 Å². The van der Waals surface area contributed by atoms with Crippen molar-refractivity contribution in [2.75, 3.05) is 0 Å². The summed E-state index contributed by atoms with van der Waals surface area (Å²) in [7, 11) is 0. The second-order valence-electron chi connectivity index (χ2n) is 4.37. The molecule has 78 valence electrons. The van der Waals surface area contributed by atoms with Gasteiger partial charge in [0.15, 0.2) is 0 Å². The fourth-order valence-electron chi connectivity index (χ4n) is 1.95. The molecule has 1 aliphatic rings. The minimum atomic E-state index is -0.250. The summed E-state index contributed by atoms with van der Waals surface area (Å²) in [6.45, 7) is 6.86. The van der Waals surface area contributed by atoms with E-state index in [2.05, 4.69) is 20.8 Å². The SMILES string of the molecule is CC1CCC(C(C)C)CC1.O=CO. The molecule has 0 amide bonds. The molecule has 1 rings (SSSR count). The third kappa shape index (κ3) is 5.67. The van der Waals surface area contributed by atoms with E-state index in [9.17, 15) is 0 Å². The first kappa shape index (κ1) is 12.5. The molecule has 2 heteroatoms. The van der Waals surface area contributed by atoms with Gasteiger partial charge in [0, 0.05) is 0 Å². The lowest BCUT2D eigenvalue weighted by Crippen LogP contribution is -2.16. The largest absolute Gasteiger partial charge is 0.483 e. The second-order valence-corrected chi connectivity index (χ2v) is 4.37. The monoisotopic (exact) mass is 186 g/mol. The molecule has 0 spiro atoms. The lowest BCUT2D eigenvalue weighted by molar-refractivity contribution is -0.122. The summed E-state index contributed by atoms with van der Waals surface area (Å²) in [5.41, 5.74) is 0. The van der Waals surface area contributed by atoms with Gasteiger partial charge in [-0.15, -0.1) is 0 Å². The molecule has 0 aromatic carbocycles. The van der Waals surface area contributed by atoms with E-state index in [1.165, 1.54) is 25.7 Å². The molecule has 1 aliphatic carbocycles.